The lowest BCUT2D eigenvalue weighted by atomic mass is 10.2. The Morgan fingerprint density at radius 1 is 1.09 bits per heavy atom. The molecule has 1 aliphatic heterocycles. The molecule has 0 saturated carbocycles. The first kappa shape index (κ1) is 13.9. The zero-order valence-corrected chi connectivity index (χ0v) is 12.4. The third kappa shape index (κ3) is 2.67. The number of pyridine rings is 1. The maximum absolute atomic E-state index is 13.8. The number of hydrogen-bond donors (Lipinski definition) is 0. The van der Waals surface area contributed by atoms with Crippen LogP contribution in [0.25, 0.3) is 22.8 Å². The van der Waals surface area contributed by atoms with Crippen LogP contribution >= 0.6 is 0 Å². The molecule has 1 aromatic carbocycles. The van der Waals surface area contributed by atoms with Crippen molar-refractivity contribution in [2.75, 3.05) is 18.0 Å². The second-order valence-corrected chi connectivity index (χ2v) is 5.50. The van der Waals surface area contributed by atoms with E-state index < -0.39 is 0 Å². The molecule has 0 atom stereocenters. The largest absolute Gasteiger partial charge is 0.357 e. The van der Waals surface area contributed by atoms with E-state index in [1.54, 1.807) is 24.4 Å². The van der Waals surface area contributed by atoms with Crippen LogP contribution in [0.4, 0.5) is 10.2 Å². The summed E-state index contributed by atoms with van der Waals surface area (Å²) in [7, 11) is 0. The molecule has 3 heterocycles. The zero-order valence-electron chi connectivity index (χ0n) is 12.4. The quantitative estimate of drug-likeness (QED) is 0.740. The highest BCUT2D eigenvalue weighted by atomic mass is 19.1. The highest BCUT2D eigenvalue weighted by molar-refractivity contribution is 5.63. The second kappa shape index (κ2) is 5.79. The number of hydrogen-bond acceptors (Lipinski definition) is 5. The molecule has 6 heteroatoms. The monoisotopic (exact) mass is 310 g/mol. The topological polar surface area (TPSA) is 55.1 Å². The van der Waals surface area contributed by atoms with Crippen molar-refractivity contribution >= 4 is 5.82 Å². The molecule has 5 nitrogen and oxygen atoms in total. The van der Waals surface area contributed by atoms with E-state index in [4.69, 9.17) is 4.52 Å². The first-order valence-corrected chi connectivity index (χ1v) is 7.61. The molecule has 3 aromatic rings. The van der Waals surface area contributed by atoms with Crippen LogP contribution in [0.15, 0.2) is 47.1 Å². The molecule has 0 unspecified atom stereocenters. The van der Waals surface area contributed by atoms with E-state index in [0.29, 0.717) is 11.4 Å². The van der Waals surface area contributed by atoms with Crippen LogP contribution in [-0.4, -0.2) is 28.2 Å². The van der Waals surface area contributed by atoms with Gasteiger partial charge in [-0.05, 0) is 37.1 Å². The van der Waals surface area contributed by atoms with E-state index in [-0.39, 0.29) is 11.7 Å². The van der Waals surface area contributed by atoms with Gasteiger partial charge in [-0.15, -0.1) is 0 Å². The summed E-state index contributed by atoms with van der Waals surface area (Å²) in [5.74, 6) is 1.15. The molecule has 1 aliphatic rings. The van der Waals surface area contributed by atoms with E-state index in [0.717, 1.165) is 24.5 Å². The van der Waals surface area contributed by atoms with Gasteiger partial charge in [-0.3, -0.25) is 0 Å². The summed E-state index contributed by atoms with van der Waals surface area (Å²) >= 11 is 0. The summed E-state index contributed by atoms with van der Waals surface area (Å²) in [6.45, 7) is 2.03. The molecule has 0 N–H and O–H groups in total. The average molecular weight is 310 g/mol. The molecule has 1 fully saturated rings. The fourth-order valence-corrected chi connectivity index (χ4v) is 2.76. The summed E-state index contributed by atoms with van der Waals surface area (Å²) in [4.78, 5) is 11.0. The number of nitrogens with zero attached hydrogens (tertiary/aromatic N) is 4. The Labute approximate surface area is 132 Å². The number of benzene rings is 1. The zero-order chi connectivity index (χ0) is 15.6. The van der Waals surface area contributed by atoms with Crippen LogP contribution in [0.1, 0.15) is 12.8 Å². The molecule has 0 bridgehead atoms. The van der Waals surface area contributed by atoms with Gasteiger partial charge in [-0.2, -0.15) is 4.98 Å². The number of anilines is 1. The van der Waals surface area contributed by atoms with E-state index >= 15 is 0 Å². The molecule has 0 amide bonds. The van der Waals surface area contributed by atoms with Gasteiger partial charge in [-0.25, -0.2) is 9.37 Å². The fourth-order valence-electron chi connectivity index (χ4n) is 2.76. The van der Waals surface area contributed by atoms with Crippen LogP contribution in [0.5, 0.6) is 0 Å². The highest BCUT2D eigenvalue weighted by Crippen LogP contribution is 2.26. The predicted octanol–water partition coefficient (Wildman–Crippen LogP) is 3.54. The van der Waals surface area contributed by atoms with Gasteiger partial charge in [0.05, 0.1) is 5.56 Å². The van der Waals surface area contributed by atoms with E-state index in [2.05, 4.69) is 20.0 Å². The Kier molecular flexibility index (Phi) is 3.49. The van der Waals surface area contributed by atoms with Gasteiger partial charge in [0.1, 0.15) is 11.6 Å². The van der Waals surface area contributed by atoms with Gasteiger partial charge in [0, 0.05) is 24.8 Å². The minimum absolute atomic E-state index is 0.178. The van der Waals surface area contributed by atoms with Gasteiger partial charge in [0.2, 0.25) is 5.82 Å². The second-order valence-electron chi connectivity index (χ2n) is 5.50. The van der Waals surface area contributed by atoms with Gasteiger partial charge in [0.25, 0.3) is 5.89 Å². The molecule has 4 rings (SSSR count). The lowest BCUT2D eigenvalue weighted by Gasteiger charge is -2.16. The summed E-state index contributed by atoms with van der Waals surface area (Å²) in [6.07, 6.45) is 4.11. The Hall–Kier alpha value is -2.76. The predicted molar refractivity (Wildman–Crippen MR) is 84.4 cm³/mol. The lowest BCUT2D eigenvalue weighted by Crippen LogP contribution is -2.18. The van der Waals surface area contributed by atoms with Crippen molar-refractivity contribution in [2.45, 2.75) is 12.8 Å². The molecular weight excluding hydrogens is 295 g/mol. The average Bonchev–Trinajstić information content (AvgIpc) is 3.27. The molecule has 2 aromatic heterocycles. The molecule has 0 radical (unpaired) electrons. The van der Waals surface area contributed by atoms with Crippen LogP contribution in [0, 0.1) is 5.82 Å². The van der Waals surface area contributed by atoms with Crippen molar-refractivity contribution < 1.29 is 8.91 Å². The summed E-state index contributed by atoms with van der Waals surface area (Å²) in [5.41, 5.74) is 1.12. The molecule has 0 spiro atoms. The fraction of sp³-hybridized carbons (Fsp3) is 0.235. The number of rotatable bonds is 3. The Balaban J connectivity index is 1.67. The maximum atomic E-state index is 13.8. The molecule has 0 aliphatic carbocycles. The van der Waals surface area contributed by atoms with Crippen molar-refractivity contribution in [1.29, 1.82) is 0 Å². The first-order valence-electron chi connectivity index (χ1n) is 7.61. The van der Waals surface area contributed by atoms with Gasteiger partial charge < -0.3 is 9.42 Å². The van der Waals surface area contributed by atoms with Crippen LogP contribution in [0.3, 0.4) is 0 Å². The smallest absolute Gasteiger partial charge is 0.261 e. The normalized spacial score (nSPS) is 14.4. The molecule has 1 saturated heterocycles. The molecule has 23 heavy (non-hydrogen) atoms. The summed E-state index contributed by atoms with van der Waals surface area (Å²) in [6, 6.07) is 10.1. The minimum Gasteiger partial charge on any atom is -0.357 e. The van der Waals surface area contributed by atoms with Crippen LogP contribution < -0.4 is 4.90 Å². The SMILES string of the molecule is Fc1ccccc1-c1nc(-c2ccnc(N3CCCC3)c2)no1. The number of halogens is 1. The Morgan fingerprint density at radius 3 is 2.74 bits per heavy atom. The summed E-state index contributed by atoms with van der Waals surface area (Å²) in [5, 5.41) is 3.97. The van der Waals surface area contributed by atoms with Gasteiger partial charge in [0.15, 0.2) is 0 Å². The van der Waals surface area contributed by atoms with Crippen LogP contribution in [-0.2, 0) is 0 Å². The summed E-state index contributed by atoms with van der Waals surface area (Å²) < 4.78 is 19.0. The first-order chi connectivity index (χ1) is 11.3. The number of aromatic nitrogens is 3. The van der Waals surface area contributed by atoms with E-state index in [1.165, 1.54) is 18.9 Å². The third-order valence-corrected chi connectivity index (χ3v) is 3.96. The van der Waals surface area contributed by atoms with Crippen molar-refractivity contribution in [3.8, 4) is 22.8 Å². The molecular formula is C17H15FN4O. The van der Waals surface area contributed by atoms with Crippen molar-refractivity contribution in [3.63, 3.8) is 0 Å². The van der Waals surface area contributed by atoms with E-state index in [9.17, 15) is 4.39 Å². The van der Waals surface area contributed by atoms with Gasteiger partial charge >= 0.3 is 0 Å². The lowest BCUT2D eigenvalue weighted by molar-refractivity contribution is 0.429. The standard InChI is InChI=1S/C17H15FN4O/c18-14-6-2-1-5-13(14)17-20-16(21-23-17)12-7-8-19-15(11-12)22-9-3-4-10-22/h1-2,5-8,11H,3-4,9-10H2. The van der Waals surface area contributed by atoms with Crippen molar-refractivity contribution in [2.24, 2.45) is 0 Å². The van der Waals surface area contributed by atoms with Crippen LogP contribution in [0.2, 0.25) is 0 Å². The maximum Gasteiger partial charge on any atom is 0.261 e. The van der Waals surface area contributed by atoms with Crippen molar-refractivity contribution in [1.82, 2.24) is 15.1 Å². The van der Waals surface area contributed by atoms with Gasteiger partial charge in [-0.1, -0.05) is 17.3 Å². The third-order valence-electron chi connectivity index (χ3n) is 3.96. The highest BCUT2D eigenvalue weighted by Gasteiger charge is 2.17. The van der Waals surface area contributed by atoms with Crippen molar-refractivity contribution in [3.05, 3.63) is 48.4 Å². The Bertz CT molecular complexity index is 827. The minimum atomic E-state index is -0.379. The molecule has 116 valence electrons. The van der Waals surface area contributed by atoms with E-state index in [1.807, 2.05) is 12.1 Å². The Morgan fingerprint density at radius 2 is 1.91 bits per heavy atom.